The predicted octanol–water partition coefficient (Wildman–Crippen LogP) is 2.58. The molecule has 1 aliphatic heterocycles. The van der Waals surface area contributed by atoms with E-state index in [2.05, 4.69) is 49.8 Å². The third-order valence-electron chi connectivity index (χ3n) is 3.51. The molecule has 0 spiro atoms. The second-order valence-electron chi connectivity index (χ2n) is 5.77. The maximum atomic E-state index is 4.53. The van der Waals surface area contributed by atoms with Gasteiger partial charge in [-0.2, -0.15) is 0 Å². The Hall–Kier alpha value is -0.450. The number of aromatic nitrogens is 1. The van der Waals surface area contributed by atoms with Crippen LogP contribution in [-0.2, 0) is 0 Å². The standard InChI is InChI=1S/C13H23N3S/c1-9-6-15-13(4,5)8-16(9)11(3)12-14-7-10(2)17-12/h7,9,11,15H,6,8H2,1-5H3. The zero-order chi connectivity index (χ0) is 12.6. The average molecular weight is 253 g/mol. The van der Waals surface area contributed by atoms with E-state index in [9.17, 15) is 0 Å². The molecule has 0 saturated carbocycles. The van der Waals surface area contributed by atoms with Crippen molar-refractivity contribution >= 4 is 11.3 Å². The summed E-state index contributed by atoms with van der Waals surface area (Å²) in [5, 5.41) is 4.83. The molecule has 2 heterocycles. The minimum Gasteiger partial charge on any atom is -0.309 e. The first kappa shape index (κ1) is 13.0. The molecule has 1 aromatic heterocycles. The van der Waals surface area contributed by atoms with Gasteiger partial charge in [-0.05, 0) is 34.6 Å². The number of nitrogens with zero attached hydrogens (tertiary/aromatic N) is 2. The molecule has 0 amide bonds. The first-order chi connectivity index (χ1) is 7.89. The van der Waals surface area contributed by atoms with Gasteiger partial charge in [0, 0.05) is 35.7 Å². The van der Waals surface area contributed by atoms with Gasteiger partial charge in [0.05, 0.1) is 6.04 Å². The first-order valence-electron chi connectivity index (χ1n) is 6.32. The molecule has 0 aliphatic carbocycles. The van der Waals surface area contributed by atoms with Crippen LogP contribution >= 0.6 is 11.3 Å². The molecule has 2 rings (SSSR count). The third-order valence-corrected chi connectivity index (χ3v) is 4.60. The van der Waals surface area contributed by atoms with Gasteiger partial charge in [0.2, 0.25) is 0 Å². The molecule has 3 nitrogen and oxygen atoms in total. The second-order valence-corrected chi connectivity index (χ2v) is 7.04. The van der Waals surface area contributed by atoms with Crippen molar-refractivity contribution in [1.82, 2.24) is 15.2 Å². The summed E-state index contributed by atoms with van der Waals surface area (Å²) in [6.45, 7) is 13.4. The quantitative estimate of drug-likeness (QED) is 0.878. The second kappa shape index (κ2) is 4.67. The predicted molar refractivity (Wildman–Crippen MR) is 73.5 cm³/mol. The lowest BCUT2D eigenvalue weighted by Crippen LogP contribution is -2.61. The van der Waals surface area contributed by atoms with E-state index in [1.54, 1.807) is 0 Å². The molecular weight excluding hydrogens is 230 g/mol. The Kier molecular flexibility index (Phi) is 3.57. The molecule has 1 N–H and O–H groups in total. The van der Waals surface area contributed by atoms with E-state index in [-0.39, 0.29) is 5.54 Å². The SMILES string of the molecule is Cc1cnc(C(C)N2CC(C)(C)NCC2C)s1. The minimum atomic E-state index is 0.201. The summed E-state index contributed by atoms with van der Waals surface area (Å²) in [6, 6.07) is 0.993. The van der Waals surface area contributed by atoms with Crippen molar-refractivity contribution in [2.24, 2.45) is 0 Å². The van der Waals surface area contributed by atoms with E-state index < -0.39 is 0 Å². The van der Waals surface area contributed by atoms with Gasteiger partial charge >= 0.3 is 0 Å². The monoisotopic (exact) mass is 253 g/mol. The highest BCUT2D eigenvalue weighted by molar-refractivity contribution is 7.11. The summed E-state index contributed by atoms with van der Waals surface area (Å²) < 4.78 is 0. The van der Waals surface area contributed by atoms with Crippen LogP contribution in [0.2, 0.25) is 0 Å². The number of thiazole rings is 1. The molecule has 0 aromatic carbocycles. The fraction of sp³-hybridized carbons (Fsp3) is 0.769. The van der Waals surface area contributed by atoms with Gasteiger partial charge in [0.1, 0.15) is 5.01 Å². The smallest absolute Gasteiger partial charge is 0.110 e. The Balaban J connectivity index is 2.14. The van der Waals surface area contributed by atoms with Crippen LogP contribution < -0.4 is 5.32 Å². The van der Waals surface area contributed by atoms with Crippen molar-refractivity contribution in [3.8, 4) is 0 Å². The van der Waals surface area contributed by atoms with E-state index in [0.717, 1.165) is 13.1 Å². The van der Waals surface area contributed by atoms with E-state index in [4.69, 9.17) is 0 Å². The summed E-state index contributed by atoms with van der Waals surface area (Å²) in [5.74, 6) is 0. The highest BCUT2D eigenvalue weighted by atomic mass is 32.1. The average Bonchev–Trinajstić information content (AvgIpc) is 2.68. The van der Waals surface area contributed by atoms with Gasteiger partial charge in [-0.25, -0.2) is 4.98 Å². The van der Waals surface area contributed by atoms with Crippen LogP contribution in [0.4, 0.5) is 0 Å². The van der Waals surface area contributed by atoms with E-state index in [0.29, 0.717) is 12.1 Å². The van der Waals surface area contributed by atoms with Crippen LogP contribution in [0.3, 0.4) is 0 Å². The van der Waals surface area contributed by atoms with Crippen molar-refractivity contribution in [1.29, 1.82) is 0 Å². The zero-order valence-electron chi connectivity index (χ0n) is 11.4. The van der Waals surface area contributed by atoms with Crippen LogP contribution in [-0.4, -0.2) is 34.6 Å². The number of aryl methyl sites for hydroxylation is 1. The van der Waals surface area contributed by atoms with Crippen LogP contribution in [0.15, 0.2) is 6.20 Å². The third kappa shape index (κ3) is 2.87. The summed E-state index contributed by atoms with van der Waals surface area (Å²) >= 11 is 1.82. The Morgan fingerprint density at radius 1 is 1.59 bits per heavy atom. The molecule has 0 bridgehead atoms. The van der Waals surface area contributed by atoms with E-state index in [1.807, 2.05) is 17.5 Å². The maximum absolute atomic E-state index is 4.53. The molecule has 1 saturated heterocycles. The molecular formula is C13H23N3S. The van der Waals surface area contributed by atoms with Crippen molar-refractivity contribution in [2.45, 2.75) is 52.2 Å². The first-order valence-corrected chi connectivity index (χ1v) is 7.14. The van der Waals surface area contributed by atoms with Crippen LogP contribution in [0.1, 0.15) is 43.6 Å². The molecule has 1 aromatic rings. The highest BCUT2D eigenvalue weighted by Gasteiger charge is 2.34. The van der Waals surface area contributed by atoms with Gasteiger partial charge in [-0.15, -0.1) is 11.3 Å². The lowest BCUT2D eigenvalue weighted by Gasteiger charge is -2.45. The maximum Gasteiger partial charge on any atom is 0.110 e. The number of piperazine rings is 1. The zero-order valence-corrected chi connectivity index (χ0v) is 12.3. The van der Waals surface area contributed by atoms with Crippen LogP contribution in [0.5, 0.6) is 0 Å². The van der Waals surface area contributed by atoms with Gasteiger partial charge in [-0.1, -0.05) is 0 Å². The Labute approximate surface area is 108 Å². The summed E-state index contributed by atoms with van der Waals surface area (Å²) in [4.78, 5) is 8.39. The number of rotatable bonds is 2. The van der Waals surface area contributed by atoms with Crippen molar-refractivity contribution in [2.75, 3.05) is 13.1 Å². The molecule has 2 unspecified atom stereocenters. The van der Waals surface area contributed by atoms with Crippen molar-refractivity contribution < 1.29 is 0 Å². The fourth-order valence-electron chi connectivity index (χ4n) is 2.44. The molecule has 2 atom stereocenters. The van der Waals surface area contributed by atoms with Gasteiger partial charge in [0.15, 0.2) is 0 Å². The minimum absolute atomic E-state index is 0.201. The van der Waals surface area contributed by atoms with Crippen molar-refractivity contribution in [3.05, 3.63) is 16.1 Å². The normalized spacial score (nSPS) is 27.0. The van der Waals surface area contributed by atoms with Crippen LogP contribution in [0.25, 0.3) is 0 Å². The lowest BCUT2D eigenvalue weighted by atomic mass is 9.98. The van der Waals surface area contributed by atoms with Gasteiger partial charge in [0.25, 0.3) is 0 Å². The Morgan fingerprint density at radius 2 is 2.29 bits per heavy atom. The topological polar surface area (TPSA) is 28.2 Å². The van der Waals surface area contributed by atoms with Gasteiger partial charge < -0.3 is 5.32 Å². The van der Waals surface area contributed by atoms with Crippen molar-refractivity contribution in [3.63, 3.8) is 0 Å². The fourth-order valence-corrected chi connectivity index (χ4v) is 3.28. The van der Waals surface area contributed by atoms with E-state index in [1.165, 1.54) is 9.88 Å². The molecule has 1 fully saturated rings. The molecule has 0 radical (unpaired) electrons. The largest absolute Gasteiger partial charge is 0.309 e. The summed E-state index contributed by atoms with van der Waals surface area (Å²) in [7, 11) is 0. The molecule has 4 heteroatoms. The highest BCUT2D eigenvalue weighted by Crippen LogP contribution is 2.29. The van der Waals surface area contributed by atoms with Crippen LogP contribution in [0, 0.1) is 6.92 Å². The molecule has 1 aliphatic rings. The Bertz CT molecular complexity index is 386. The molecule has 17 heavy (non-hydrogen) atoms. The van der Waals surface area contributed by atoms with Gasteiger partial charge in [-0.3, -0.25) is 4.90 Å². The Morgan fingerprint density at radius 3 is 2.88 bits per heavy atom. The lowest BCUT2D eigenvalue weighted by molar-refractivity contribution is 0.0688. The summed E-state index contributed by atoms with van der Waals surface area (Å²) in [5.41, 5.74) is 0.201. The number of nitrogens with one attached hydrogen (secondary N) is 1. The number of hydrogen-bond donors (Lipinski definition) is 1. The summed E-state index contributed by atoms with van der Waals surface area (Å²) in [6.07, 6.45) is 1.98. The number of hydrogen-bond acceptors (Lipinski definition) is 4. The van der Waals surface area contributed by atoms with E-state index >= 15 is 0 Å². The molecule has 96 valence electrons.